The topological polar surface area (TPSA) is 74.2 Å². The van der Waals surface area contributed by atoms with Crippen molar-refractivity contribution in [3.8, 4) is 0 Å². The second-order valence-electron chi connectivity index (χ2n) is 7.39. The molecule has 0 radical (unpaired) electrons. The Morgan fingerprint density at radius 2 is 1.68 bits per heavy atom. The van der Waals surface area contributed by atoms with Crippen LogP contribution in [0.4, 0.5) is 0 Å². The molecule has 2 rings (SSSR count). The van der Waals surface area contributed by atoms with E-state index in [0.717, 1.165) is 0 Å². The molecule has 22 heavy (non-hydrogen) atoms. The van der Waals surface area contributed by atoms with Gasteiger partial charge in [0, 0.05) is 18.4 Å². The van der Waals surface area contributed by atoms with Crippen molar-refractivity contribution >= 4 is 5.97 Å². The second kappa shape index (κ2) is 4.66. The summed E-state index contributed by atoms with van der Waals surface area (Å²) in [4.78, 5) is 12.5. The first kappa shape index (κ1) is 17.7. The fraction of sp³-hybridized carbons (Fsp3) is 0.938. The minimum atomic E-state index is -1.78. The van der Waals surface area contributed by atoms with Crippen LogP contribution in [-0.2, 0) is 23.7 Å². The summed E-state index contributed by atoms with van der Waals surface area (Å²) in [5.41, 5.74) is -5.49. The lowest BCUT2D eigenvalue weighted by atomic mass is 9.44. The molecule has 1 heterocycles. The van der Waals surface area contributed by atoms with Crippen LogP contribution in [0.15, 0.2) is 0 Å². The average Bonchev–Trinajstić information content (AvgIpc) is 2.80. The van der Waals surface area contributed by atoms with E-state index >= 15 is 0 Å². The van der Waals surface area contributed by atoms with E-state index in [2.05, 4.69) is 0 Å². The summed E-state index contributed by atoms with van der Waals surface area (Å²) in [7, 11) is 2.83. The van der Waals surface area contributed by atoms with E-state index in [-0.39, 0.29) is 6.79 Å². The quantitative estimate of drug-likeness (QED) is 0.778. The van der Waals surface area contributed by atoms with Crippen molar-refractivity contribution in [2.75, 3.05) is 21.0 Å². The Kier molecular flexibility index (Phi) is 3.74. The van der Waals surface area contributed by atoms with Gasteiger partial charge in [-0.3, -0.25) is 0 Å². The number of carbonyl (C=O) groups excluding carboxylic acids is 1. The average molecular weight is 316 g/mol. The van der Waals surface area contributed by atoms with Crippen LogP contribution < -0.4 is 0 Å². The molecule has 0 aromatic heterocycles. The third kappa shape index (κ3) is 1.47. The van der Waals surface area contributed by atoms with Crippen LogP contribution in [-0.4, -0.2) is 54.5 Å². The third-order valence-corrected chi connectivity index (χ3v) is 7.07. The number of carbonyl (C=O) groups is 1. The van der Waals surface area contributed by atoms with Crippen molar-refractivity contribution in [3.05, 3.63) is 0 Å². The number of esters is 1. The van der Waals surface area contributed by atoms with Crippen molar-refractivity contribution in [2.45, 2.75) is 63.9 Å². The van der Waals surface area contributed by atoms with E-state index in [0.29, 0.717) is 0 Å². The maximum Gasteiger partial charge on any atom is 0.338 e. The molecule has 2 aliphatic rings. The predicted octanol–water partition coefficient (Wildman–Crippen LogP) is 1.49. The van der Waals surface area contributed by atoms with E-state index in [1.807, 2.05) is 20.8 Å². The largest absolute Gasteiger partial charge is 0.467 e. The van der Waals surface area contributed by atoms with Crippen molar-refractivity contribution in [1.29, 1.82) is 0 Å². The molecule has 2 fully saturated rings. The lowest BCUT2D eigenvalue weighted by molar-refractivity contribution is -0.330. The van der Waals surface area contributed by atoms with Crippen LogP contribution in [0, 0.1) is 11.3 Å². The molecule has 0 bridgehead atoms. The van der Waals surface area contributed by atoms with Gasteiger partial charge in [-0.15, -0.1) is 0 Å². The zero-order chi connectivity index (χ0) is 17.2. The van der Waals surface area contributed by atoms with Crippen LogP contribution in [0.3, 0.4) is 0 Å². The van der Waals surface area contributed by atoms with Crippen LogP contribution >= 0.6 is 0 Å². The van der Waals surface area contributed by atoms with Crippen LogP contribution in [0.25, 0.3) is 0 Å². The summed E-state index contributed by atoms with van der Waals surface area (Å²) < 4.78 is 22.6. The summed E-state index contributed by atoms with van der Waals surface area (Å²) in [6, 6.07) is 0. The van der Waals surface area contributed by atoms with Gasteiger partial charge in [-0.25, -0.2) is 4.79 Å². The van der Waals surface area contributed by atoms with Gasteiger partial charge >= 0.3 is 5.97 Å². The van der Waals surface area contributed by atoms with Gasteiger partial charge in [0.1, 0.15) is 23.6 Å². The van der Waals surface area contributed by atoms with E-state index in [9.17, 15) is 9.90 Å². The minimum absolute atomic E-state index is 0.0869. The van der Waals surface area contributed by atoms with Gasteiger partial charge in [0.25, 0.3) is 0 Å². The van der Waals surface area contributed by atoms with E-state index < -0.39 is 39.7 Å². The third-order valence-electron chi connectivity index (χ3n) is 7.07. The fourth-order valence-corrected chi connectivity index (χ4v) is 4.64. The molecule has 1 N–H and O–H groups in total. The summed E-state index contributed by atoms with van der Waals surface area (Å²) in [6.45, 7) is 11.1. The van der Waals surface area contributed by atoms with Crippen molar-refractivity contribution in [2.24, 2.45) is 11.3 Å². The Balaban J connectivity index is 2.79. The van der Waals surface area contributed by atoms with Gasteiger partial charge in [0.15, 0.2) is 5.60 Å². The smallest absolute Gasteiger partial charge is 0.338 e. The lowest BCUT2D eigenvalue weighted by Gasteiger charge is -2.67. The standard InChI is InChI=1S/C16H28O6/c1-10-13(4)15(6,22-9-21-13)14(5,20-8)12(2,3)16(10,18)11(17)19-7/h10,18H,9H2,1-8H3/t10?,13-,14?,15-,16?/m1/s1. The highest BCUT2D eigenvalue weighted by atomic mass is 16.7. The number of fused-ring (bicyclic) bond motifs is 1. The molecule has 0 aromatic rings. The Morgan fingerprint density at radius 1 is 1.14 bits per heavy atom. The Labute approximate surface area is 132 Å². The molecular formula is C16H28O6. The second-order valence-corrected chi connectivity index (χ2v) is 7.39. The Hall–Kier alpha value is -0.690. The molecule has 6 heteroatoms. The SMILES string of the molecule is COC(=O)C1(O)C(C)[C@@]2(C)OCO[C@@]2(C)C(C)(OC)C1(C)C. The minimum Gasteiger partial charge on any atom is -0.467 e. The maximum absolute atomic E-state index is 12.5. The number of rotatable bonds is 2. The van der Waals surface area contributed by atoms with Crippen LogP contribution in [0.2, 0.25) is 0 Å². The van der Waals surface area contributed by atoms with Gasteiger partial charge in [-0.1, -0.05) is 20.8 Å². The van der Waals surface area contributed by atoms with Crippen LogP contribution in [0.5, 0.6) is 0 Å². The first-order valence-corrected chi connectivity index (χ1v) is 7.54. The summed E-state index contributed by atoms with van der Waals surface area (Å²) in [6.07, 6.45) is 0. The van der Waals surface area contributed by atoms with Gasteiger partial charge < -0.3 is 24.1 Å². The highest BCUT2D eigenvalue weighted by Gasteiger charge is 2.81. The summed E-state index contributed by atoms with van der Waals surface area (Å²) >= 11 is 0. The molecular weight excluding hydrogens is 288 g/mol. The van der Waals surface area contributed by atoms with Crippen molar-refractivity contribution in [3.63, 3.8) is 0 Å². The van der Waals surface area contributed by atoms with Gasteiger partial charge in [-0.05, 0) is 20.8 Å². The molecule has 1 saturated carbocycles. The Bertz CT molecular complexity index is 491. The molecule has 1 saturated heterocycles. The highest BCUT2D eigenvalue weighted by molar-refractivity contribution is 5.82. The fourth-order valence-electron chi connectivity index (χ4n) is 4.64. The van der Waals surface area contributed by atoms with E-state index in [1.165, 1.54) is 7.11 Å². The molecule has 5 atom stereocenters. The summed E-state index contributed by atoms with van der Waals surface area (Å²) in [5, 5.41) is 11.4. The zero-order valence-electron chi connectivity index (χ0n) is 14.8. The molecule has 1 aliphatic carbocycles. The predicted molar refractivity (Wildman–Crippen MR) is 79.2 cm³/mol. The number of ether oxygens (including phenoxy) is 4. The normalized spacial score (nSPS) is 50.5. The maximum atomic E-state index is 12.5. The first-order valence-electron chi connectivity index (χ1n) is 7.54. The molecule has 128 valence electrons. The molecule has 0 aromatic carbocycles. The van der Waals surface area contributed by atoms with Gasteiger partial charge in [-0.2, -0.15) is 0 Å². The number of aliphatic hydroxyl groups is 1. The molecule has 6 nitrogen and oxygen atoms in total. The first-order chi connectivity index (χ1) is 9.90. The number of hydrogen-bond acceptors (Lipinski definition) is 6. The molecule has 0 spiro atoms. The lowest BCUT2D eigenvalue weighted by Crippen LogP contribution is -2.83. The molecule has 1 aliphatic heterocycles. The van der Waals surface area contributed by atoms with Crippen molar-refractivity contribution < 1.29 is 28.8 Å². The van der Waals surface area contributed by atoms with Gasteiger partial charge in [0.2, 0.25) is 0 Å². The summed E-state index contributed by atoms with van der Waals surface area (Å²) in [5.74, 6) is -1.25. The Morgan fingerprint density at radius 3 is 2.14 bits per heavy atom. The van der Waals surface area contributed by atoms with Gasteiger partial charge in [0.05, 0.1) is 7.11 Å². The monoisotopic (exact) mass is 316 g/mol. The van der Waals surface area contributed by atoms with Crippen molar-refractivity contribution in [1.82, 2.24) is 0 Å². The van der Waals surface area contributed by atoms with E-state index in [4.69, 9.17) is 18.9 Å². The zero-order valence-corrected chi connectivity index (χ0v) is 14.8. The number of hydrogen-bond donors (Lipinski definition) is 1. The number of methoxy groups -OCH3 is 2. The molecule has 3 unspecified atom stereocenters. The van der Waals surface area contributed by atoms with Crippen LogP contribution in [0.1, 0.15) is 41.5 Å². The molecule has 0 amide bonds. The highest BCUT2D eigenvalue weighted by Crippen LogP contribution is 2.65. The van der Waals surface area contributed by atoms with E-state index in [1.54, 1.807) is 27.9 Å².